The van der Waals surface area contributed by atoms with Gasteiger partial charge in [0.25, 0.3) is 5.91 Å². The summed E-state index contributed by atoms with van der Waals surface area (Å²) in [6.45, 7) is 3.66. The number of hydrogen-bond donors (Lipinski definition) is 1. The van der Waals surface area contributed by atoms with Crippen molar-refractivity contribution in [3.05, 3.63) is 59.2 Å². The summed E-state index contributed by atoms with van der Waals surface area (Å²) >= 11 is 1.46. The van der Waals surface area contributed by atoms with E-state index in [4.69, 9.17) is 0 Å². The quantitative estimate of drug-likeness (QED) is 0.724. The summed E-state index contributed by atoms with van der Waals surface area (Å²) in [4.78, 5) is 15.7. The van der Waals surface area contributed by atoms with E-state index in [0.717, 1.165) is 48.4 Å². The van der Waals surface area contributed by atoms with Crippen LogP contribution in [0.15, 0.2) is 52.3 Å². The molecule has 0 unspecified atom stereocenters. The molecule has 28 heavy (non-hydrogen) atoms. The zero-order chi connectivity index (χ0) is 20.1. The Morgan fingerprint density at radius 3 is 2.39 bits per heavy atom. The van der Waals surface area contributed by atoms with Gasteiger partial charge in [0.05, 0.1) is 10.5 Å². The number of amides is 1. The molecular weight excluding hydrogens is 392 g/mol. The lowest BCUT2D eigenvalue weighted by atomic mass is 10.1. The van der Waals surface area contributed by atoms with Gasteiger partial charge in [-0.3, -0.25) is 4.79 Å². The van der Waals surface area contributed by atoms with Crippen molar-refractivity contribution in [2.45, 2.75) is 42.5 Å². The molecule has 0 atom stereocenters. The van der Waals surface area contributed by atoms with E-state index < -0.39 is 10.0 Å². The Kier molecular flexibility index (Phi) is 6.80. The number of piperidine rings is 1. The van der Waals surface area contributed by atoms with Crippen LogP contribution < -0.4 is 4.72 Å². The fourth-order valence-corrected chi connectivity index (χ4v) is 4.87. The first-order chi connectivity index (χ1) is 13.4. The van der Waals surface area contributed by atoms with E-state index >= 15 is 0 Å². The highest BCUT2D eigenvalue weighted by molar-refractivity contribution is 7.98. The second kappa shape index (κ2) is 9.11. The standard InChI is InChI=1S/C21H26N2O3S2/c1-16-6-8-17(9-7-16)15-22-28(25,26)18-10-11-20(27-2)19(14-18)21(24)23-12-4-3-5-13-23/h6-11,14,22H,3-5,12-13,15H2,1-2H3. The average Bonchev–Trinajstić information content (AvgIpc) is 2.73. The van der Waals surface area contributed by atoms with Crippen LogP contribution in [0.5, 0.6) is 0 Å². The van der Waals surface area contributed by atoms with Crippen LogP contribution in [0.3, 0.4) is 0 Å². The van der Waals surface area contributed by atoms with Crippen molar-refractivity contribution >= 4 is 27.7 Å². The van der Waals surface area contributed by atoms with Crippen LogP contribution in [0.25, 0.3) is 0 Å². The van der Waals surface area contributed by atoms with Crippen LogP contribution in [0.1, 0.15) is 40.7 Å². The molecule has 1 aliphatic rings. The molecule has 0 bridgehead atoms. The molecule has 1 fully saturated rings. The second-order valence-electron chi connectivity index (χ2n) is 7.03. The SMILES string of the molecule is CSc1ccc(S(=O)(=O)NCc2ccc(C)cc2)cc1C(=O)N1CCCCC1. The van der Waals surface area contributed by atoms with Crippen LogP contribution in [-0.4, -0.2) is 38.6 Å². The number of hydrogen-bond acceptors (Lipinski definition) is 4. The third-order valence-electron chi connectivity index (χ3n) is 4.94. The summed E-state index contributed by atoms with van der Waals surface area (Å²) in [6.07, 6.45) is 5.02. The molecule has 1 aliphatic heterocycles. The molecule has 1 N–H and O–H groups in total. The van der Waals surface area contributed by atoms with Gasteiger partial charge in [-0.05, 0) is 56.2 Å². The summed E-state index contributed by atoms with van der Waals surface area (Å²) in [5.41, 5.74) is 2.48. The number of likely N-dealkylation sites (tertiary alicyclic amines) is 1. The smallest absolute Gasteiger partial charge is 0.255 e. The molecule has 1 saturated heterocycles. The summed E-state index contributed by atoms with van der Waals surface area (Å²) in [5.74, 6) is -0.0837. The number of nitrogens with one attached hydrogen (secondary N) is 1. The Hall–Kier alpha value is -1.83. The van der Waals surface area contributed by atoms with Crippen LogP contribution in [0.4, 0.5) is 0 Å². The van der Waals surface area contributed by atoms with Gasteiger partial charge in [0, 0.05) is 24.5 Å². The average molecular weight is 419 g/mol. The number of aryl methyl sites for hydroxylation is 1. The molecule has 1 amide bonds. The number of benzene rings is 2. The van der Waals surface area contributed by atoms with Crippen LogP contribution in [0, 0.1) is 6.92 Å². The number of carbonyl (C=O) groups is 1. The normalized spacial score (nSPS) is 14.9. The molecule has 5 nitrogen and oxygen atoms in total. The van der Waals surface area contributed by atoms with E-state index in [0.29, 0.717) is 5.56 Å². The molecule has 3 rings (SSSR count). The summed E-state index contributed by atoms with van der Waals surface area (Å²) < 4.78 is 28.2. The Bertz CT molecular complexity index is 935. The van der Waals surface area contributed by atoms with E-state index in [1.54, 1.807) is 12.1 Å². The molecule has 0 aliphatic carbocycles. The lowest BCUT2D eigenvalue weighted by molar-refractivity contribution is 0.0720. The highest BCUT2D eigenvalue weighted by atomic mass is 32.2. The first-order valence-corrected chi connectivity index (χ1v) is 12.1. The van der Waals surface area contributed by atoms with Crippen molar-refractivity contribution in [2.75, 3.05) is 19.3 Å². The fourth-order valence-electron chi connectivity index (χ4n) is 3.26. The predicted octanol–water partition coefficient (Wildman–Crippen LogP) is 3.82. The van der Waals surface area contributed by atoms with E-state index in [9.17, 15) is 13.2 Å². The van der Waals surface area contributed by atoms with Crippen LogP contribution in [0.2, 0.25) is 0 Å². The third kappa shape index (κ3) is 4.96. The minimum atomic E-state index is -3.71. The molecule has 0 saturated carbocycles. The largest absolute Gasteiger partial charge is 0.339 e. The van der Waals surface area contributed by atoms with Gasteiger partial charge in [-0.25, -0.2) is 13.1 Å². The molecule has 0 aromatic heterocycles. The van der Waals surface area contributed by atoms with Crippen molar-refractivity contribution in [1.82, 2.24) is 9.62 Å². The highest BCUT2D eigenvalue weighted by Gasteiger charge is 2.23. The highest BCUT2D eigenvalue weighted by Crippen LogP contribution is 2.26. The lowest BCUT2D eigenvalue weighted by Gasteiger charge is -2.27. The van der Waals surface area contributed by atoms with E-state index in [1.165, 1.54) is 17.8 Å². The maximum absolute atomic E-state index is 13.0. The zero-order valence-corrected chi connectivity index (χ0v) is 17.9. The summed E-state index contributed by atoms with van der Waals surface area (Å²) in [6, 6.07) is 12.5. The topological polar surface area (TPSA) is 66.5 Å². The molecule has 2 aromatic rings. The van der Waals surface area contributed by atoms with Gasteiger partial charge in [0.1, 0.15) is 0 Å². The first-order valence-electron chi connectivity index (χ1n) is 9.43. The van der Waals surface area contributed by atoms with Gasteiger partial charge in [-0.2, -0.15) is 0 Å². The maximum Gasteiger partial charge on any atom is 0.255 e. The van der Waals surface area contributed by atoms with Crippen LogP contribution >= 0.6 is 11.8 Å². The molecule has 150 valence electrons. The van der Waals surface area contributed by atoms with Crippen molar-refractivity contribution in [2.24, 2.45) is 0 Å². The van der Waals surface area contributed by atoms with Crippen molar-refractivity contribution in [3.63, 3.8) is 0 Å². The van der Waals surface area contributed by atoms with Gasteiger partial charge < -0.3 is 4.90 Å². The Morgan fingerprint density at radius 1 is 1.07 bits per heavy atom. The minimum absolute atomic E-state index is 0.0837. The lowest BCUT2D eigenvalue weighted by Crippen LogP contribution is -2.36. The first kappa shape index (κ1) is 20.9. The molecule has 7 heteroatoms. The molecule has 1 heterocycles. The minimum Gasteiger partial charge on any atom is -0.339 e. The van der Waals surface area contributed by atoms with Crippen molar-refractivity contribution in [3.8, 4) is 0 Å². The third-order valence-corrected chi connectivity index (χ3v) is 7.14. The zero-order valence-electron chi connectivity index (χ0n) is 16.3. The van der Waals surface area contributed by atoms with Crippen molar-refractivity contribution < 1.29 is 13.2 Å². The Labute approximate surface area is 171 Å². The summed E-state index contributed by atoms with van der Waals surface area (Å²) in [7, 11) is -3.71. The molecule has 0 spiro atoms. The Balaban J connectivity index is 1.82. The van der Waals surface area contributed by atoms with Gasteiger partial charge in [-0.1, -0.05) is 29.8 Å². The van der Waals surface area contributed by atoms with Crippen LogP contribution in [-0.2, 0) is 16.6 Å². The fraction of sp³-hybridized carbons (Fsp3) is 0.381. The number of sulfonamides is 1. The molecular formula is C21H26N2O3S2. The summed E-state index contributed by atoms with van der Waals surface area (Å²) in [5, 5.41) is 0. The predicted molar refractivity (Wildman–Crippen MR) is 113 cm³/mol. The van der Waals surface area contributed by atoms with Gasteiger partial charge in [-0.15, -0.1) is 11.8 Å². The van der Waals surface area contributed by atoms with Gasteiger partial charge in [0.15, 0.2) is 0 Å². The van der Waals surface area contributed by atoms with Gasteiger partial charge >= 0.3 is 0 Å². The Morgan fingerprint density at radius 2 is 1.75 bits per heavy atom. The van der Waals surface area contributed by atoms with E-state index in [1.807, 2.05) is 42.3 Å². The van der Waals surface area contributed by atoms with Gasteiger partial charge in [0.2, 0.25) is 10.0 Å². The van der Waals surface area contributed by atoms with E-state index in [2.05, 4.69) is 4.72 Å². The number of thioether (sulfide) groups is 1. The number of rotatable bonds is 6. The van der Waals surface area contributed by atoms with Crippen molar-refractivity contribution in [1.29, 1.82) is 0 Å². The number of nitrogens with zero attached hydrogens (tertiary/aromatic N) is 1. The number of carbonyl (C=O) groups excluding carboxylic acids is 1. The van der Waals surface area contributed by atoms with E-state index in [-0.39, 0.29) is 17.3 Å². The molecule has 2 aromatic carbocycles. The molecule has 0 radical (unpaired) electrons. The maximum atomic E-state index is 13.0. The second-order valence-corrected chi connectivity index (χ2v) is 9.64. The monoisotopic (exact) mass is 418 g/mol.